The summed E-state index contributed by atoms with van der Waals surface area (Å²) in [5, 5.41) is 12.0. The van der Waals surface area contributed by atoms with Crippen molar-refractivity contribution < 1.29 is 5.11 Å². The number of halogens is 1. The molecule has 3 aromatic rings. The fourth-order valence-corrected chi connectivity index (χ4v) is 2.74. The van der Waals surface area contributed by atoms with Gasteiger partial charge in [-0.25, -0.2) is 4.98 Å². The average molecular weight is 298 g/mol. The zero-order valence-corrected chi connectivity index (χ0v) is 12.5. The summed E-state index contributed by atoms with van der Waals surface area (Å²) >= 11 is 6.14. The maximum Gasteiger partial charge on any atom is 0.132 e. The van der Waals surface area contributed by atoms with Crippen LogP contribution in [0.5, 0.6) is 0 Å². The largest absolute Gasteiger partial charge is 0.384 e. The molecule has 0 saturated carbocycles. The van der Waals surface area contributed by atoms with E-state index in [2.05, 4.69) is 11.9 Å². The van der Waals surface area contributed by atoms with E-state index in [1.54, 1.807) is 0 Å². The van der Waals surface area contributed by atoms with Crippen LogP contribution in [-0.4, -0.2) is 10.1 Å². The van der Waals surface area contributed by atoms with Crippen molar-refractivity contribution >= 4 is 22.5 Å². The molecule has 0 aliphatic heterocycles. The number of aliphatic hydroxyl groups excluding tert-OH is 1. The van der Waals surface area contributed by atoms with Gasteiger partial charge < -0.3 is 5.11 Å². The fourth-order valence-electron chi connectivity index (χ4n) is 2.46. The first-order valence-electron chi connectivity index (χ1n) is 7.01. The summed E-state index contributed by atoms with van der Waals surface area (Å²) in [5.41, 5.74) is 3.62. The van der Waals surface area contributed by atoms with Gasteiger partial charge in [0.05, 0.1) is 5.52 Å². The van der Waals surface area contributed by atoms with Gasteiger partial charge in [0.25, 0.3) is 0 Å². The van der Waals surface area contributed by atoms with Gasteiger partial charge >= 0.3 is 0 Å². The quantitative estimate of drug-likeness (QED) is 0.720. The van der Waals surface area contributed by atoms with Crippen molar-refractivity contribution in [1.82, 2.24) is 4.98 Å². The van der Waals surface area contributed by atoms with E-state index in [1.165, 1.54) is 0 Å². The van der Waals surface area contributed by atoms with Crippen molar-refractivity contribution in [3.8, 4) is 0 Å². The molecule has 1 unspecified atom stereocenters. The molecule has 0 aliphatic carbocycles. The molecule has 0 aliphatic rings. The number of aryl methyl sites for hydroxylation is 1. The standard InChI is InChI=1S/C18H16ClNO/c1-2-12-10-15-11-14(8-9-16(15)20-18(12)19)17(21)13-6-4-3-5-7-13/h3-11,17,21H,2H2,1H3. The summed E-state index contributed by atoms with van der Waals surface area (Å²) in [4.78, 5) is 4.40. The Morgan fingerprint density at radius 1 is 1.05 bits per heavy atom. The van der Waals surface area contributed by atoms with E-state index >= 15 is 0 Å². The van der Waals surface area contributed by atoms with E-state index in [-0.39, 0.29) is 0 Å². The van der Waals surface area contributed by atoms with E-state index < -0.39 is 6.10 Å². The van der Waals surface area contributed by atoms with Gasteiger partial charge in [0, 0.05) is 5.39 Å². The molecular formula is C18H16ClNO. The van der Waals surface area contributed by atoms with E-state index in [0.717, 1.165) is 34.0 Å². The average Bonchev–Trinajstić information content (AvgIpc) is 2.54. The third-order valence-corrected chi connectivity index (χ3v) is 4.00. The fraction of sp³-hybridized carbons (Fsp3) is 0.167. The molecular weight excluding hydrogens is 282 g/mol. The third kappa shape index (κ3) is 2.78. The zero-order chi connectivity index (χ0) is 14.8. The van der Waals surface area contributed by atoms with Crippen LogP contribution in [-0.2, 0) is 6.42 Å². The van der Waals surface area contributed by atoms with Crippen molar-refractivity contribution in [3.63, 3.8) is 0 Å². The smallest absolute Gasteiger partial charge is 0.132 e. The predicted octanol–water partition coefficient (Wildman–Crippen LogP) is 4.53. The molecule has 0 amide bonds. The second-order valence-electron chi connectivity index (χ2n) is 5.06. The van der Waals surface area contributed by atoms with Crippen molar-refractivity contribution in [2.75, 3.05) is 0 Å². The molecule has 1 N–H and O–H groups in total. The number of aromatic nitrogens is 1. The maximum absolute atomic E-state index is 10.5. The van der Waals surface area contributed by atoms with E-state index in [4.69, 9.17) is 11.6 Å². The van der Waals surface area contributed by atoms with Gasteiger partial charge in [-0.15, -0.1) is 0 Å². The normalized spacial score (nSPS) is 12.5. The topological polar surface area (TPSA) is 33.1 Å². The number of rotatable bonds is 3. The molecule has 0 fully saturated rings. The maximum atomic E-state index is 10.5. The Labute approximate surface area is 129 Å². The molecule has 1 heterocycles. The second-order valence-corrected chi connectivity index (χ2v) is 5.42. The third-order valence-electron chi connectivity index (χ3n) is 3.68. The van der Waals surface area contributed by atoms with Gasteiger partial charge in [-0.3, -0.25) is 0 Å². The van der Waals surface area contributed by atoms with Crippen molar-refractivity contribution in [2.24, 2.45) is 0 Å². The van der Waals surface area contributed by atoms with Crippen LogP contribution in [0.4, 0.5) is 0 Å². The molecule has 21 heavy (non-hydrogen) atoms. The Hall–Kier alpha value is -1.90. The Morgan fingerprint density at radius 2 is 1.81 bits per heavy atom. The molecule has 106 valence electrons. The molecule has 3 rings (SSSR count). The molecule has 0 bridgehead atoms. The summed E-state index contributed by atoms with van der Waals surface area (Å²) in [7, 11) is 0. The van der Waals surface area contributed by atoms with Crippen LogP contribution in [0.2, 0.25) is 5.15 Å². The van der Waals surface area contributed by atoms with Crippen LogP contribution in [0.25, 0.3) is 10.9 Å². The monoisotopic (exact) mass is 297 g/mol. The molecule has 1 aromatic heterocycles. The highest BCUT2D eigenvalue weighted by Gasteiger charge is 2.11. The van der Waals surface area contributed by atoms with Gasteiger partial charge in [-0.05, 0) is 41.3 Å². The minimum Gasteiger partial charge on any atom is -0.384 e. The Kier molecular flexibility index (Phi) is 3.91. The lowest BCUT2D eigenvalue weighted by Crippen LogP contribution is -1.99. The van der Waals surface area contributed by atoms with Gasteiger partial charge in [0.1, 0.15) is 11.3 Å². The van der Waals surface area contributed by atoms with E-state index in [9.17, 15) is 5.11 Å². The Balaban J connectivity index is 2.06. The van der Waals surface area contributed by atoms with Crippen molar-refractivity contribution in [1.29, 1.82) is 0 Å². The number of pyridine rings is 1. The Morgan fingerprint density at radius 3 is 2.52 bits per heavy atom. The molecule has 0 radical (unpaired) electrons. The minimum absolute atomic E-state index is 0.557. The number of fused-ring (bicyclic) bond motifs is 1. The molecule has 1 atom stereocenters. The van der Waals surface area contributed by atoms with Crippen LogP contribution in [0, 0.1) is 0 Å². The van der Waals surface area contributed by atoms with E-state index in [0.29, 0.717) is 5.15 Å². The first kappa shape index (κ1) is 14.1. The number of nitrogens with zero attached hydrogens (tertiary/aromatic N) is 1. The SMILES string of the molecule is CCc1cc2cc(C(O)c3ccccc3)ccc2nc1Cl. The van der Waals surface area contributed by atoms with E-state index in [1.807, 2.05) is 54.6 Å². The highest BCUT2D eigenvalue weighted by Crippen LogP contribution is 2.27. The lowest BCUT2D eigenvalue weighted by Gasteiger charge is -2.12. The molecule has 0 spiro atoms. The van der Waals surface area contributed by atoms with Gasteiger partial charge in [-0.2, -0.15) is 0 Å². The number of benzene rings is 2. The Bertz CT molecular complexity index is 771. The number of hydrogen-bond acceptors (Lipinski definition) is 2. The summed E-state index contributed by atoms with van der Waals surface area (Å²) in [6.45, 7) is 2.05. The van der Waals surface area contributed by atoms with Gasteiger partial charge in [0.2, 0.25) is 0 Å². The van der Waals surface area contributed by atoms with Crippen molar-refractivity contribution in [2.45, 2.75) is 19.4 Å². The summed E-state index contributed by atoms with van der Waals surface area (Å²) in [6.07, 6.45) is 0.212. The highest BCUT2D eigenvalue weighted by molar-refractivity contribution is 6.30. The van der Waals surface area contributed by atoms with Gasteiger partial charge in [0.15, 0.2) is 0 Å². The van der Waals surface area contributed by atoms with Crippen LogP contribution < -0.4 is 0 Å². The summed E-state index contributed by atoms with van der Waals surface area (Å²) < 4.78 is 0. The first-order valence-corrected chi connectivity index (χ1v) is 7.39. The summed E-state index contributed by atoms with van der Waals surface area (Å²) in [5.74, 6) is 0. The van der Waals surface area contributed by atoms with Gasteiger partial charge in [-0.1, -0.05) is 54.9 Å². The highest BCUT2D eigenvalue weighted by atomic mass is 35.5. The van der Waals surface area contributed by atoms with Crippen LogP contribution in [0.3, 0.4) is 0 Å². The zero-order valence-electron chi connectivity index (χ0n) is 11.8. The molecule has 0 saturated heterocycles. The predicted molar refractivity (Wildman–Crippen MR) is 86.6 cm³/mol. The minimum atomic E-state index is -0.628. The molecule has 2 nitrogen and oxygen atoms in total. The number of hydrogen-bond donors (Lipinski definition) is 1. The van der Waals surface area contributed by atoms with Crippen molar-refractivity contribution in [3.05, 3.63) is 76.4 Å². The lowest BCUT2D eigenvalue weighted by atomic mass is 9.99. The van der Waals surface area contributed by atoms with Crippen LogP contribution in [0.15, 0.2) is 54.6 Å². The summed E-state index contributed by atoms with van der Waals surface area (Å²) in [6, 6.07) is 17.5. The number of aliphatic hydroxyl groups is 1. The van der Waals surface area contributed by atoms with Crippen LogP contribution >= 0.6 is 11.6 Å². The molecule has 3 heteroatoms. The lowest BCUT2D eigenvalue weighted by molar-refractivity contribution is 0.220. The molecule has 2 aromatic carbocycles. The second kappa shape index (κ2) is 5.84. The van der Waals surface area contributed by atoms with Crippen LogP contribution in [0.1, 0.15) is 29.7 Å². The first-order chi connectivity index (χ1) is 10.2.